The average Bonchev–Trinajstić information content (AvgIpc) is 3.22. The molecule has 3 rings (SSSR count). The number of hydrogen-bond donors (Lipinski definition) is 2. The van der Waals surface area contributed by atoms with Crippen molar-refractivity contribution in [2.45, 2.75) is 19.4 Å². The number of aliphatic imine (C=N–C) groups is 1. The van der Waals surface area contributed by atoms with Crippen molar-refractivity contribution in [3.8, 4) is 17.2 Å². The van der Waals surface area contributed by atoms with Gasteiger partial charge in [-0.3, -0.25) is 4.99 Å². The van der Waals surface area contributed by atoms with Crippen LogP contribution < -0.4 is 24.8 Å². The molecule has 2 N–H and O–H groups in total. The average molecular weight is 412 g/mol. The lowest BCUT2D eigenvalue weighted by Crippen LogP contribution is -2.39. The van der Waals surface area contributed by atoms with Crippen LogP contribution in [0, 0.1) is 0 Å². The number of nitrogens with one attached hydrogen (secondary N) is 2. The molecule has 3 aromatic rings. The number of ether oxygens (including phenoxy) is 3. The second-order valence-corrected chi connectivity index (χ2v) is 6.81. The molecule has 0 amide bonds. The van der Waals surface area contributed by atoms with E-state index in [1.165, 1.54) is 0 Å². The van der Waals surface area contributed by atoms with Crippen LogP contribution in [0.2, 0.25) is 0 Å². The van der Waals surface area contributed by atoms with Crippen molar-refractivity contribution >= 4 is 16.9 Å². The van der Waals surface area contributed by atoms with Crippen molar-refractivity contribution in [3.63, 3.8) is 0 Å². The summed E-state index contributed by atoms with van der Waals surface area (Å²) < 4.78 is 22.3. The van der Waals surface area contributed by atoms with Gasteiger partial charge in [-0.25, -0.2) is 0 Å². The van der Waals surface area contributed by atoms with Crippen molar-refractivity contribution in [1.82, 2.24) is 10.6 Å². The number of benzene rings is 2. The maximum atomic E-state index is 5.94. The predicted molar refractivity (Wildman–Crippen MR) is 119 cm³/mol. The molecule has 160 valence electrons. The fraction of sp³-hybridized carbons (Fsp3) is 0.348. The summed E-state index contributed by atoms with van der Waals surface area (Å²) >= 11 is 0. The summed E-state index contributed by atoms with van der Waals surface area (Å²) in [5.41, 5.74) is 1.84. The molecule has 0 aliphatic rings. The number of fused-ring (bicyclic) bond motifs is 1. The van der Waals surface area contributed by atoms with E-state index in [9.17, 15) is 0 Å². The number of para-hydroxylation sites is 1. The Morgan fingerprint density at radius 2 is 1.73 bits per heavy atom. The topological polar surface area (TPSA) is 77.3 Å². The summed E-state index contributed by atoms with van der Waals surface area (Å²) in [4.78, 5) is 4.32. The Morgan fingerprint density at radius 1 is 1.03 bits per heavy atom. The van der Waals surface area contributed by atoms with Crippen LogP contribution in [0.15, 0.2) is 51.9 Å². The lowest BCUT2D eigenvalue weighted by atomic mass is 10.1. The fourth-order valence-electron chi connectivity index (χ4n) is 3.32. The van der Waals surface area contributed by atoms with Crippen molar-refractivity contribution in [2.24, 2.45) is 4.99 Å². The molecule has 7 heteroatoms. The molecule has 1 aromatic heterocycles. The standard InChI is InChI=1S/C23H29N3O4/c1-15(20-12-16-8-6-7-9-19(16)30-20)26-23(24-2)25-11-10-18-21(28-4)13-17(27-3)14-22(18)29-5/h6-9,12-15H,10-11H2,1-5H3,(H2,24,25,26). The number of nitrogens with zero attached hydrogens (tertiary/aromatic N) is 1. The molecule has 0 bridgehead atoms. The summed E-state index contributed by atoms with van der Waals surface area (Å²) in [5.74, 6) is 3.70. The first-order chi connectivity index (χ1) is 14.6. The Kier molecular flexibility index (Phi) is 7.06. The number of rotatable bonds is 8. The summed E-state index contributed by atoms with van der Waals surface area (Å²) in [6, 6.07) is 13.7. The molecule has 0 radical (unpaired) electrons. The highest BCUT2D eigenvalue weighted by Crippen LogP contribution is 2.34. The van der Waals surface area contributed by atoms with Crippen molar-refractivity contribution < 1.29 is 18.6 Å². The number of methoxy groups -OCH3 is 3. The molecule has 0 saturated heterocycles. The van der Waals surface area contributed by atoms with E-state index in [1.807, 2.05) is 49.4 Å². The SMILES string of the molecule is CN=C(NCCc1c(OC)cc(OC)cc1OC)NC(C)c1cc2ccccc2o1. The number of furan rings is 1. The Balaban J connectivity index is 1.63. The van der Waals surface area contributed by atoms with Gasteiger partial charge in [-0.05, 0) is 25.5 Å². The molecule has 1 heterocycles. The van der Waals surface area contributed by atoms with Gasteiger partial charge < -0.3 is 29.3 Å². The van der Waals surface area contributed by atoms with Gasteiger partial charge in [-0.1, -0.05) is 18.2 Å². The van der Waals surface area contributed by atoms with Gasteiger partial charge in [0, 0.05) is 36.7 Å². The van der Waals surface area contributed by atoms with Crippen LogP contribution >= 0.6 is 0 Å². The second kappa shape index (κ2) is 9.91. The minimum absolute atomic E-state index is 0.0336. The third-order valence-electron chi connectivity index (χ3n) is 4.93. The van der Waals surface area contributed by atoms with Gasteiger partial charge in [0.05, 0.1) is 27.4 Å². The summed E-state index contributed by atoms with van der Waals surface area (Å²) in [7, 11) is 6.64. The summed E-state index contributed by atoms with van der Waals surface area (Å²) in [6.07, 6.45) is 0.691. The molecule has 7 nitrogen and oxygen atoms in total. The smallest absolute Gasteiger partial charge is 0.191 e. The van der Waals surface area contributed by atoms with Crippen LogP contribution in [-0.2, 0) is 6.42 Å². The van der Waals surface area contributed by atoms with Gasteiger partial charge in [-0.2, -0.15) is 0 Å². The minimum Gasteiger partial charge on any atom is -0.496 e. The number of hydrogen-bond acceptors (Lipinski definition) is 5. The molecule has 0 fully saturated rings. The Hall–Kier alpha value is -3.35. The Labute approximate surface area is 177 Å². The second-order valence-electron chi connectivity index (χ2n) is 6.81. The van der Waals surface area contributed by atoms with Crippen LogP contribution in [0.5, 0.6) is 17.2 Å². The zero-order valence-corrected chi connectivity index (χ0v) is 18.1. The molecule has 0 spiro atoms. The van der Waals surface area contributed by atoms with E-state index in [1.54, 1.807) is 28.4 Å². The molecular formula is C23H29N3O4. The number of guanidine groups is 1. The summed E-state index contributed by atoms with van der Waals surface area (Å²) in [5, 5.41) is 7.79. The van der Waals surface area contributed by atoms with E-state index < -0.39 is 0 Å². The lowest BCUT2D eigenvalue weighted by molar-refractivity contribution is 0.368. The molecule has 30 heavy (non-hydrogen) atoms. The van der Waals surface area contributed by atoms with Gasteiger partial charge in [0.15, 0.2) is 5.96 Å². The van der Waals surface area contributed by atoms with E-state index in [2.05, 4.69) is 15.6 Å². The van der Waals surface area contributed by atoms with E-state index in [0.29, 0.717) is 24.7 Å². The minimum atomic E-state index is -0.0336. The van der Waals surface area contributed by atoms with Gasteiger partial charge >= 0.3 is 0 Å². The van der Waals surface area contributed by atoms with E-state index in [-0.39, 0.29) is 6.04 Å². The fourth-order valence-corrected chi connectivity index (χ4v) is 3.32. The third-order valence-corrected chi connectivity index (χ3v) is 4.93. The Bertz CT molecular complexity index is 955. The highest BCUT2D eigenvalue weighted by Gasteiger charge is 2.15. The first kappa shape index (κ1) is 21.4. The van der Waals surface area contributed by atoms with Gasteiger partial charge in [-0.15, -0.1) is 0 Å². The van der Waals surface area contributed by atoms with Crippen LogP contribution in [0.1, 0.15) is 24.3 Å². The molecule has 2 aromatic carbocycles. The van der Waals surface area contributed by atoms with Crippen LogP contribution in [0.25, 0.3) is 11.0 Å². The quantitative estimate of drug-likeness (QED) is 0.432. The van der Waals surface area contributed by atoms with Crippen molar-refractivity contribution in [2.75, 3.05) is 34.9 Å². The molecule has 0 aliphatic heterocycles. The maximum Gasteiger partial charge on any atom is 0.191 e. The van der Waals surface area contributed by atoms with Gasteiger partial charge in [0.1, 0.15) is 28.6 Å². The normalized spacial score (nSPS) is 12.5. The molecule has 1 unspecified atom stereocenters. The summed E-state index contributed by atoms with van der Waals surface area (Å²) in [6.45, 7) is 2.69. The maximum absolute atomic E-state index is 5.94. The van der Waals surface area contributed by atoms with Gasteiger partial charge in [0.25, 0.3) is 0 Å². The van der Waals surface area contributed by atoms with Crippen molar-refractivity contribution in [1.29, 1.82) is 0 Å². The Morgan fingerprint density at radius 3 is 2.33 bits per heavy atom. The third kappa shape index (κ3) is 4.79. The highest BCUT2D eigenvalue weighted by atomic mass is 16.5. The molecular weight excluding hydrogens is 382 g/mol. The zero-order chi connectivity index (χ0) is 21.5. The van der Waals surface area contributed by atoms with E-state index >= 15 is 0 Å². The first-order valence-electron chi connectivity index (χ1n) is 9.84. The lowest BCUT2D eigenvalue weighted by Gasteiger charge is -2.18. The monoisotopic (exact) mass is 411 g/mol. The molecule has 1 atom stereocenters. The van der Waals surface area contributed by atoms with Crippen LogP contribution in [0.4, 0.5) is 0 Å². The van der Waals surface area contributed by atoms with E-state index in [0.717, 1.165) is 33.8 Å². The van der Waals surface area contributed by atoms with Crippen molar-refractivity contribution in [3.05, 3.63) is 53.8 Å². The first-order valence-corrected chi connectivity index (χ1v) is 9.84. The van der Waals surface area contributed by atoms with Gasteiger partial charge in [0.2, 0.25) is 0 Å². The van der Waals surface area contributed by atoms with Crippen LogP contribution in [0.3, 0.4) is 0 Å². The predicted octanol–water partition coefficient (Wildman–Crippen LogP) is 3.93. The zero-order valence-electron chi connectivity index (χ0n) is 18.1. The largest absolute Gasteiger partial charge is 0.496 e. The van der Waals surface area contributed by atoms with E-state index in [4.69, 9.17) is 18.6 Å². The molecule has 0 aliphatic carbocycles. The highest BCUT2D eigenvalue weighted by molar-refractivity contribution is 5.81. The van der Waals surface area contributed by atoms with Crippen LogP contribution in [-0.4, -0.2) is 40.9 Å². The molecule has 0 saturated carbocycles.